The molecule has 0 saturated heterocycles. The van der Waals surface area contributed by atoms with E-state index in [1.807, 2.05) is 0 Å². The van der Waals surface area contributed by atoms with Crippen molar-refractivity contribution < 1.29 is 13.9 Å². The molecule has 1 aliphatic carbocycles. The number of benzene rings is 2. The normalized spacial score (nSPS) is 19.4. The second-order valence-electron chi connectivity index (χ2n) is 8.30. The third-order valence-corrected chi connectivity index (χ3v) is 5.97. The van der Waals surface area contributed by atoms with Gasteiger partial charge in [-0.2, -0.15) is 0 Å². The van der Waals surface area contributed by atoms with Crippen LogP contribution in [0.2, 0.25) is 0 Å². The van der Waals surface area contributed by atoms with E-state index in [2.05, 4.69) is 41.4 Å². The number of hydrogen-bond acceptors (Lipinski definition) is 3. The van der Waals surface area contributed by atoms with Gasteiger partial charge in [0.2, 0.25) is 5.91 Å². The second-order valence-corrected chi connectivity index (χ2v) is 8.30. The topological polar surface area (TPSA) is 41.6 Å². The molecule has 1 aliphatic heterocycles. The minimum Gasteiger partial charge on any atom is -0.489 e. The Kier molecular flexibility index (Phi) is 6.02. The predicted octanol–water partition coefficient (Wildman–Crippen LogP) is 4.74. The number of carbonyl (C=O) groups is 1. The zero-order valence-corrected chi connectivity index (χ0v) is 17.0. The summed E-state index contributed by atoms with van der Waals surface area (Å²) in [5.74, 6) is 0.304. The highest BCUT2D eigenvalue weighted by molar-refractivity contribution is 5.78. The molecule has 1 saturated carbocycles. The van der Waals surface area contributed by atoms with Crippen molar-refractivity contribution in [3.63, 3.8) is 0 Å². The zero-order valence-electron chi connectivity index (χ0n) is 17.0. The average Bonchev–Trinajstić information content (AvgIpc) is 2.72. The smallest absolute Gasteiger partial charge is 0.222 e. The van der Waals surface area contributed by atoms with E-state index >= 15 is 0 Å². The van der Waals surface area contributed by atoms with Gasteiger partial charge >= 0.3 is 0 Å². The fourth-order valence-electron chi connectivity index (χ4n) is 4.33. The molecule has 1 heterocycles. The van der Waals surface area contributed by atoms with Crippen LogP contribution in [-0.4, -0.2) is 24.6 Å². The first-order valence-corrected chi connectivity index (χ1v) is 10.6. The third-order valence-electron chi connectivity index (χ3n) is 5.97. The Bertz CT molecular complexity index is 846. The fraction of sp³-hybridized carbons (Fsp3) is 0.458. The van der Waals surface area contributed by atoms with Gasteiger partial charge in [-0.05, 0) is 37.5 Å². The van der Waals surface area contributed by atoms with E-state index in [4.69, 9.17) is 4.74 Å². The summed E-state index contributed by atoms with van der Waals surface area (Å²) in [5, 5.41) is 3.21. The Morgan fingerprint density at radius 2 is 1.90 bits per heavy atom. The van der Waals surface area contributed by atoms with Gasteiger partial charge in [-0.3, -0.25) is 4.79 Å². The standard InChI is InChI=1S/C24H29FN2O2/c1-17-7-9-18(10-8-17)15-27-21(14-24(28)26-20-5-3-2-4-6-20)16-29-23-13-19(25)11-12-22(23)27/h7-13,20-21H,2-6,14-16H2,1H3,(H,26,28). The van der Waals surface area contributed by atoms with Crippen LogP contribution in [-0.2, 0) is 11.3 Å². The van der Waals surface area contributed by atoms with Gasteiger partial charge in [0.05, 0.1) is 18.2 Å². The molecule has 1 amide bonds. The number of ether oxygens (including phenoxy) is 1. The summed E-state index contributed by atoms with van der Waals surface area (Å²) < 4.78 is 19.5. The molecule has 2 aromatic carbocycles. The van der Waals surface area contributed by atoms with Crippen molar-refractivity contribution >= 4 is 11.6 Å². The number of hydrogen-bond donors (Lipinski definition) is 1. The number of fused-ring (bicyclic) bond motifs is 1. The van der Waals surface area contributed by atoms with Crippen LogP contribution < -0.4 is 15.0 Å². The molecule has 1 unspecified atom stereocenters. The van der Waals surface area contributed by atoms with Gasteiger partial charge in [-0.15, -0.1) is 0 Å². The molecule has 2 aliphatic rings. The average molecular weight is 397 g/mol. The van der Waals surface area contributed by atoms with Crippen LogP contribution in [0.5, 0.6) is 5.75 Å². The summed E-state index contributed by atoms with van der Waals surface area (Å²) in [5.41, 5.74) is 3.21. The van der Waals surface area contributed by atoms with E-state index in [1.54, 1.807) is 6.07 Å². The maximum atomic E-state index is 13.7. The molecule has 1 N–H and O–H groups in total. The van der Waals surface area contributed by atoms with E-state index in [0.29, 0.717) is 31.4 Å². The minimum atomic E-state index is -0.312. The number of carbonyl (C=O) groups excluding carboxylic acids is 1. The molecule has 0 aromatic heterocycles. The van der Waals surface area contributed by atoms with Crippen molar-refractivity contribution in [1.29, 1.82) is 0 Å². The monoisotopic (exact) mass is 396 g/mol. The molecular formula is C24H29FN2O2. The van der Waals surface area contributed by atoms with E-state index in [9.17, 15) is 9.18 Å². The first-order valence-electron chi connectivity index (χ1n) is 10.6. The van der Waals surface area contributed by atoms with Gasteiger partial charge in [0, 0.05) is 18.7 Å². The lowest BCUT2D eigenvalue weighted by molar-refractivity contribution is -0.122. The third kappa shape index (κ3) is 4.89. The van der Waals surface area contributed by atoms with Crippen LogP contribution in [0, 0.1) is 12.7 Å². The SMILES string of the molecule is Cc1ccc(CN2c3ccc(F)cc3OCC2CC(=O)NC2CCCCC2)cc1. The van der Waals surface area contributed by atoms with Gasteiger partial charge in [0.25, 0.3) is 0 Å². The quantitative estimate of drug-likeness (QED) is 0.794. The number of halogens is 1. The van der Waals surface area contributed by atoms with Crippen molar-refractivity contribution in [2.24, 2.45) is 0 Å². The van der Waals surface area contributed by atoms with Gasteiger partial charge < -0.3 is 15.0 Å². The molecule has 0 radical (unpaired) electrons. The van der Waals surface area contributed by atoms with E-state index in [0.717, 1.165) is 24.1 Å². The summed E-state index contributed by atoms with van der Waals surface area (Å²) in [6.07, 6.45) is 6.16. The van der Waals surface area contributed by atoms with Gasteiger partial charge in [-0.25, -0.2) is 4.39 Å². The summed E-state index contributed by atoms with van der Waals surface area (Å²) in [7, 11) is 0. The van der Waals surface area contributed by atoms with Crippen molar-refractivity contribution in [3.05, 3.63) is 59.4 Å². The van der Waals surface area contributed by atoms with E-state index in [-0.39, 0.29) is 17.8 Å². The lowest BCUT2D eigenvalue weighted by Crippen LogP contribution is -2.47. The van der Waals surface area contributed by atoms with Crippen LogP contribution in [0.15, 0.2) is 42.5 Å². The van der Waals surface area contributed by atoms with Crippen LogP contribution in [0.25, 0.3) is 0 Å². The van der Waals surface area contributed by atoms with Gasteiger partial charge in [0.15, 0.2) is 0 Å². The highest BCUT2D eigenvalue weighted by atomic mass is 19.1. The lowest BCUT2D eigenvalue weighted by Gasteiger charge is -2.39. The van der Waals surface area contributed by atoms with Crippen LogP contribution in [0.4, 0.5) is 10.1 Å². The zero-order chi connectivity index (χ0) is 20.2. The number of aryl methyl sites for hydroxylation is 1. The number of anilines is 1. The minimum absolute atomic E-state index is 0.0740. The molecule has 29 heavy (non-hydrogen) atoms. The maximum absolute atomic E-state index is 13.7. The highest BCUT2D eigenvalue weighted by Crippen LogP contribution is 2.36. The van der Waals surface area contributed by atoms with Crippen LogP contribution in [0.1, 0.15) is 49.7 Å². The molecule has 0 bridgehead atoms. The molecule has 2 aromatic rings. The number of amides is 1. The van der Waals surface area contributed by atoms with Gasteiger partial charge in [-0.1, -0.05) is 49.1 Å². The van der Waals surface area contributed by atoms with Gasteiger partial charge in [0.1, 0.15) is 18.2 Å². The lowest BCUT2D eigenvalue weighted by atomic mass is 9.95. The Balaban J connectivity index is 1.51. The number of nitrogens with zero attached hydrogens (tertiary/aromatic N) is 1. The van der Waals surface area contributed by atoms with Crippen molar-refractivity contribution in [2.75, 3.05) is 11.5 Å². The predicted molar refractivity (Wildman–Crippen MR) is 113 cm³/mol. The summed E-state index contributed by atoms with van der Waals surface area (Å²) in [6.45, 7) is 3.10. The molecular weight excluding hydrogens is 367 g/mol. The molecule has 0 spiro atoms. The second kappa shape index (κ2) is 8.85. The Morgan fingerprint density at radius 3 is 2.66 bits per heavy atom. The largest absolute Gasteiger partial charge is 0.489 e. The van der Waals surface area contributed by atoms with Crippen molar-refractivity contribution in [1.82, 2.24) is 5.32 Å². The maximum Gasteiger partial charge on any atom is 0.222 e. The Hall–Kier alpha value is -2.56. The molecule has 154 valence electrons. The first kappa shape index (κ1) is 19.7. The number of rotatable bonds is 5. The molecule has 5 heteroatoms. The summed E-state index contributed by atoms with van der Waals surface area (Å²) >= 11 is 0. The molecule has 4 nitrogen and oxygen atoms in total. The van der Waals surface area contributed by atoms with Crippen LogP contribution in [0.3, 0.4) is 0 Å². The highest BCUT2D eigenvalue weighted by Gasteiger charge is 2.30. The number of nitrogens with one attached hydrogen (secondary N) is 1. The van der Waals surface area contributed by atoms with E-state index in [1.165, 1.54) is 37.0 Å². The van der Waals surface area contributed by atoms with Crippen molar-refractivity contribution in [3.8, 4) is 5.75 Å². The molecule has 1 atom stereocenters. The summed E-state index contributed by atoms with van der Waals surface area (Å²) in [4.78, 5) is 14.9. The first-order chi connectivity index (χ1) is 14.1. The summed E-state index contributed by atoms with van der Waals surface area (Å²) in [6, 6.07) is 13.2. The molecule has 1 fully saturated rings. The van der Waals surface area contributed by atoms with Crippen molar-refractivity contribution in [2.45, 2.75) is 64.1 Å². The molecule has 4 rings (SSSR count). The Labute approximate surface area is 172 Å². The Morgan fingerprint density at radius 1 is 1.14 bits per heavy atom. The van der Waals surface area contributed by atoms with E-state index < -0.39 is 0 Å². The van der Waals surface area contributed by atoms with Crippen LogP contribution >= 0.6 is 0 Å². The fourth-order valence-corrected chi connectivity index (χ4v) is 4.33.